The second kappa shape index (κ2) is 4.78. The Morgan fingerprint density at radius 3 is 1.86 bits per heavy atom. The van der Waals surface area contributed by atoms with E-state index in [2.05, 4.69) is 20.8 Å². The van der Waals surface area contributed by atoms with Crippen molar-refractivity contribution in [1.82, 2.24) is 4.90 Å². The summed E-state index contributed by atoms with van der Waals surface area (Å²) in [5, 5.41) is 9.17. The molecule has 1 N–H and O–H groups in total. The second-order valence-corrected chi connectivity index (χ2v) is 4.98. The predicted octanol–water partition coefficient (Wildman–Crippen LogP) is 2.22. The lowest BCUT2D eigenvalue weighted by molar-refractivity contribution is -0.147. The molecule has 14 heavy (non-hydrogen) atoms. The van der Waals surface area contributed by atoms with E-state index in [0.29, 0.717) is 0 Å². The lowest BCUT2D eigenvalue weighted by Gasteiger charge is -2.40. The van der Waals surface area contributed by atoms with Crippen molar-refractivity contribution >= 4 is 5.97 Å². The third-order valence-electron chi connectivity index (χ3n) is 2.42. The van der Waals surface area contributed by atoms with Crippen LogP contribution in [-0.2, 0) is 4.79 Å². The molecule has 0 aromatic rings. The molecule has 1 unspecified atom stereocenters. The Morgan fingerprint density at radius 2 is 1.79 bits per heavy atom. The van der Waals surface area contributed by atoms with E-state index in [0.717, 1.165) is 6.54 Å². The Labute approximate surface area is 87.1 Å². The highest BCUT2D eigenvalue weighted by Gasteiger charge is 2.34. The molecule has 0 aromatic heterocycles. The van der Waals surface area contributed by atoms with E-state index in [-0.39, 0.29) is 17.5 Å². The van der Waals surface area contributed by atoms with E-state index in [9.17, 15) is 4.79 Å². The fraction of sp³-hybridized carbons (Fsp3) is 0.909. The van der Waals surface area contributed by atoms with Gasteiger partial charge >= 0.3 is 5.97 Å². The monoisotopic (exact) mass is 201 g/mol. The Kier molecular flexibility index (Phi) is 4.59. The highest BCUT2D eigenvalue weighted by atomic mass is 16.4. The van der Waals surface area contributed by atoms with Crippen molar-refractivity contribution in [2.45, 2.75) is 53.1 Å². The maximum absolute atomic E-state index is 11.1. The number of hydrogen-bond acceptors (Lipinski definition) is 2. The first-order valence-corrected chi connectivity index (χ1v) is 5.21. The summed E-state index contributed by atoms with van der Waals surface area (Å²) >= 11 is 0. The van der Waals surface area contributed by atoms with Crippen LogP contribution in [0.5, 0.6) is 0 Å². The van der Waals surface area contributed by atoms with Gasteiger partial charge in [-0.15, -0.1) is 0 Å². The molecule has 3 nitrogen and oxygen atoms in total. The number of aliphatic carboxylic acids is 1. The average molecular weight is 201 g/mol. The smallest absolute Gasteiger partial charge is 0.321 e. The molecule has 0 fully saturated rings. The maximum Gasteiger partial charge on any atom is 0.321 e. The fourth-order valence-corrected chi connectivity index (χ4v) is 1.87. The van der Waals surface area contributed by atoms with Gasteiger partial charge in [0.15, 0.2) is 0 Å². The normalized spacial score (nSPS) is 14.9. The minimum absolute atomic E-state index is 0.0952. The van der Waals surface area contributed by atoms with Gasteiger partial charge in [0.2, 0.25) is 0 Å². The topological polar surface area (TPSA) is 40.5 Å². The van der Waals surface area contributed by atoms with Gasteiger partial charge in [0.1, 0.15) is 6.04 Å². The second-order valence-electron chi connectivity index (χ2n) is 4.98. The van der Waals surface area contributed by atoms with Crippen LogP contribution in [0.25, 0.3) is 0 Å². The Morgan fingerprint density at radius 1 is 1.36 bits per heavy atom. The molecule has 0 saturated heterocycles. The van der Waals surface area contributed by atoms with Gasteiger partial charge in [0.05, 0.1) is 0 Å². The molecule has 84 valence electrons. The summed E-state index contributed by atoms with van der Waals surface area (Å²) < 4.78 is 0. The minimum Gasteiger partial charge on any atom is -0.480 e. The molecule has 0 aliphatic rings. The number of nitrogens with zero attached hydrogens (tertiary/aromatic N) is 1. The number of carboxylic acids is 1. The number of rotatable bonds is 4. The van der Waals surface area contributed by atoms with Gasteiger partial charge in [-0.3, -0.25) is 9.69 Å². The van der Waals surface area contributed by atoms with E-state index >= 15 is 0 Å². The molecular weight excluding hydrogens is 178 g/mol. The molecule has 0 aromatic carbocycles. The predicted molar refractivity (Wildman–Crippen MR) is 58.4 cm³/mol. The first-order valence-electron chi connectivity index (χ1n) is 5.21. The quantitative estimate of drug-likeness (QED) is 0.758. The Bertz CT molecular complexity index is 194. The summed E-state index contributed by atoms with van der Waals surface area (Å²) in [6, 6.07) is -0.389. The lowest BCUT2D eigenvalue weighted by atomic mass is 9.96. The maximum atomic E-state index is 11.1. The first-order chi connectivity index (χ1) is 6.21. The molecule has 0 bridgehead atoms. The Balaban J connectivity index is 4.87. The van der Waals surface area contributed by atoms with Crippen LogP contribution in [0.4, 0.5) is 0 Å². The summed E-state index contributed by atoms with van der Waals surface area (Å²) in [4.78, 5) is 13.2. The van der Waals surface area contributed by atoms with Crippen LogP contribution in [0.1, 0.15) is 41.5 Å². The zero-order valence-corrected chi connectivity index (χ0v) is 10.2. The van der Waals surface area contributed by atoms with Crippen LogP contribution in [0.15, 0.2) is 0 Å². The van der Waals surface area contributed by atoms with Crippen LogP contribution in [0.3, 0.4) is 0 Å². The summed E-state index contributed by atoms with van der Waals surface area (Å²) in [6.07, 6.45) is 0. The van der Waals surface area contributed by atoms with Gasteiger partial charge in [-0.25, -0.2) is 0 Å². The van der Waals surface area contributed by atoms with Crippen molar-refractivity contribution in [3.63, 3.8) is 0 Å². The van der Waals surface area contributed by atoms with Gasteiger partial charge in [0, 0.05) is 5.54 Å². The molecule has 0 heterocycles. The van der Waals surface area contributed by atoms with Crippen LogP contribution < -0.4 is 0 Å². The summed E-state index contributed by atoms with van der Waals surface area (Å²) in [7, 11) is 0. The summed E-state index contributed by atoms with van der Waals surface area (Å²) in [5.41, 5.74) is -0.0952. The number of hydrogen-bond donors (Lipinski definition) is 1. The number of carbonyl (C=O) groups is 1. The molecule has 1 atom stereocenters. The van der Waals surface area contributed by atoms with Gasteiger partial charge in [-0.05, 0) is 33.2 Å². The highest BCUT2D eigenvalue weighted by Crippen LogP contribution is 2.21. The van der Waals surface area contributed by atoms with Gasteiger partial charge < -0.3 is 5.11 Å². The lowest BCUT2D eigenvalue weighted by Crippen LogP contribution is -2.53. The summed E-state index contributed by atoms with van der Waals surface area (Å²) in [5.74, 6) is -0.594. The van der Waals surface area contributed by atoms with Gasteiger partial charge in [0.25, 0.3) is 0 Å². The third kappa shape index (κ3) is 3.29. The number of likely N-dealkylation sites (N-methyl/N-ethyl adjacent to an activating group) is 1. The third-order valence-corrected chi connectivity index (χ3v) is 2.42. The molecule has 0 saturated carbocycles. The van der Waals surface area contributed by atoms with E-state index in [1.54, 1.807) is 0 Å². The molecule has 0 aliphatic heterocycles. The number of carboxylic acid groups (broad SMARTS) is 1. The average Bonchev–Trinajstić information content (AvgIpc) is 1.95. The van der Waals surface area contributed by atoms with E-state index in [1.807, 2.05) is 25.7 Å². The molecule has 0 aliphatic carbocycles. The van der Waals surface area contributed by atoms with E-state index in [1.165, 1.54) is 0 Å². The van der Waals surface area contributed by atoms with Gasteiger partial charge in [-0.2, -0.15) is 0 Å². The van der Waals surface area contributed by atoms with Crippen LogP contribution in [0.2, 0.25) is 0 Å². The van der Waals surface area contributed by atoms with Crippen molar-refractivity contribution in [2.75, 3.05) is 6.54 Å². The molecule has 0 radical (unpaired) electrons. The fourth-order valence-electron chi connectivity index (χ4n) is 1.87. The molecule has 0 spiro atoms. The molecular formula is C11H23NO2. The van der Waals surface area contributed by atoms with E-state index in [4.69, 9.17) is 5.11 Å². The van der Waals surface area contributed by atoms with Crippen molar-refractivity contribution in [3.8, 4) is 0 Å². The standard InChI is InChI=1S/C11H23NO2/c1-7-12(11(4,5)6)9(8(2)3)10(13)14/h8-9H,7H2,1-6H3,(H,13,14). The highest BCUT2D eigenvalue weighted by molar-refractivity contribution is 5.73. The minimum atomic E-state index is -0.725. The Hall–Kier alpha value is -0.570. The van der Waals surface area contributed by atoms with Crippen molar-refractivity contribution < 1.29 is 9.90 Å². The molecule has 3 heteroatoms. The SMILES string of the molecule is CCN(C(C(=O)O)C(C)C)C(C)(C)C. The largest absolute Gasteiger partial charge is 0.480 e. The molecule has 0 amide bonds. The van der Waals surface area contributed by atoms with Crippen molar-refractivity contribution in [2.24, 2.45) is 5.92 Å². The zero-order valence-electron chi connectivity index (χ0n) is 10.2. The van der Waals surface area contributed by atoms with Crippen molar-refractivity contribution in [3.05, 3.63) is 0 Å². The molecule has 0 rings (SSSR count). The zero-order chi connectivity index (χ0) is 11.5. The van der Waals surface area contributed by atoms with E-state index < -0.39 is 5.97 Å². The van der Waals surface area contributed by atoms with Crippen LogP contribution in [0, 0.1) is 5.92 Å². The van der Waals surface area contributed by atoms with Gasteiger partial charge in [-0.1, -0.05) is 20.8 Å². The van der Waals surface area contributed by atoms with Crippen LogP contribution in [-0.4, -0.2) is 34.1 Å². The first kappa shape index (κ1) is 13.4. The van der Waals surface area contributed by atoms with Crippen LogP contribution >= 0.6 is 0 Å². The summed E-state index contributed by atoms with van der Waals surface area (Å²) in [6.45, 7) is 12.8. The van der Waals surface area contributed by atoms with Crippen molar-refractivity contribution in [1.29, 1.82) is 0 Å².